The fraction of sp³-hybridized carbons (Fsp3) is 0.385. The minimum absolute atomic E-state index is 0.0270. The lowest BCUT2D eigenvalue weighted by Gasteiger charge is -2.11. The lowest BCUT2D eigenvalue weighted by atomic mass is 10.1. The van der Waals surface area contributed by atoms with Crippen LogP contribution >= 0.6 is 11.6 Å². The molecule has 6 heteroatoms. The number of benzene rings is 1. The molecule has 104 valence electrons. The van der Waals surface area contributed by atoms with E-state index in [1.807, 2.05) is 0 Å². The van der Waals surface area contributed by atoms with Crippen LogP contribution in [0.4, 0.5) is 4.39 Å². The van der Waals surface area contributed by atoms with E-state index in [9.17, 15) is 14.0 Å². The van der Waals surface area contributed by atoms with Crippen LogP contribution in [0.25, 0.3) is 0 Å². The number of nitrogens with one attached hydrogen (secondary N) is 1. The lowest BCUT2D eigenvalue weighted by Crippen LogP contribution is -2.30. The van der Waals surface area contributed by atoms with Gasteiger partial charge in [0, 0.05) is 23.6 Å². The number of halogens is 2. The van der Waals surface area contributed by atoms with E-state index in [0.717, 1.165) is 0 Å². The molecule has 0 heterocycles. The third kappa shape index (κ3) is 5.26. The maximum atomic E-state index is 13.4. The highest BCUT2D eigenvalue weighted by Crippen LogP contribution is 2.19. The van der Waals surface area contributed by atoms with Gasteiger partial charge in [0.2, 0.25) is 5.91 Å². The van der Waals surface area contributed by atoms with Crippen LogP contribution in [0, 0.1) is 11.7 Å². The van der Waals surface area contributed by atoms with Gasteiger partial charge < -0.3 is 10.4 Å². The summed E-state index contributed by atoms with van der Waals surface area (Å²) in [6.07, 6.45) is -0.188. The van der Waals surface area contributed by atoms with Crippen molar-refractivity contribution >= 4 is 23.5 Å². The topological polar surface area (TPSA) is 66.4 Å². The summed E-state index contributed by atoms with van der Waals surface area (Å²) in [4.78, 5) is 22.1. The number of carboxylic acids is 1. The first-order chi connectivity index (χ1) is 8.90. The Kier molecular flexibility index (Phi) is 5.76. The van der Waals surface area contributed by atoms with Crippen molar-refractivity contribution in [3.05, 3.63) is 34.6 Å². The zero-order valence-electron chi connectivity index (χ0n) is 10.5. The lowest BCUT2D eigenvalue weighted by molar-refractivity contribution is -0.138. The molecule has 0 aliphatic carbocycles. The van der Waals surface area contributed by atoms with Gasteiger partial charge in [-0.3, -0.25) is 9.59 Å². The molecule has 1 amide bonds. The molecular weight excluding hydrogens is 273 g/mol. The van der Waals surface area contributed by atoms with Gasteiger partial charge in [0.05, 0.1) is 6.42 Å². The van der Waals surface area contributed by atoms with E-state index in [2.05, 4.69) is 5.32 Å². The Morgan fingerprint density at radius 3 is 2.74 bits per heavy atom. The van der Waals surface area contributed by atoms with E-state index in [0.29, 0.717) is 0 Å². The summed E-state index contributed by atoms with van der Waals surface area (Å²) in [5.41, 5.74) is 0.146. The molecule has 1 atom stereocenters. The number of carbonyl (C=O) groups excluding carboxylic acids is 1. The maximum absolute atomic E-state index is 13.4. The Labute approximate surface area is 115 Å². The van der Waals surface area contributed by atoms with Crippen molar-refractivity contribution < 1.29 is 19.1 Å². The van der Waals surface area contributed by atoms with Gasteiger partial charge in [0.25, 0.3) is 0 Å². The first kappa shape index (κ1) is 15.4. The third-order valence-corrected chi connectivity index (χ3v) is 2.92. The molecule has 0 saturated heterocycles. The number of hydrogen-bond acceptors (Lipinski definition) is 2. The van der Waals surface area contributed by atoms with Gasteiger partial charge in [-0.05, 0) is 18.1 Å². The predicted molar refractivity (Wildman–Crippen MR) is 69.5 cm³/mol. The van der Waals surface area contributed by atoms with E-state index < -0.39 is 11.8 Å². The van der Waals surface area contributed by atoms with Crippen molar-refractivity contribution in [2.24, 2.45) is 5.92 Å². The number of carboxylic acid groups (broad SMARTS) is 1. The number of carbonyl (C=O) groups is 2. The van der Waals surface area contributed by atoms with Gasteiger partial charge in [-0.2, -0.15) is 0 Å². The minimum atomic E-state index is -0.918. The maximum Gasteiger partial charge on any atom is 0.303 e. The summed E-state index contributed by atoms with van der Waals surface area (Å²) in [7, 11) is 0. The minimum Gasteiger partial charge on any atom is -0.481 e. The van der Waals surface area contributed by atoms with Crippen molar-refractivity contribution in [1.82, 2.24) is 5.32 Å². The van der Waals surface area contributed by atoms with Gasteiger partial charge in [-0.1, -0.05) is 24.6 Å². The van der Waals surface area contributed by atoms with E-state index in [1.165, 1.54) is 18.2 Å². The van der Waals surface area contributed by atoms with E-state index >= 15 is 0 Å². The fourth-order valence-corrected chi connectivity index (χ4v) is 1.81. The normalized spacial score (nSPS) is 11.9. The molecular formula is C13H15ClFNO3. The number of amides is 1. The average molecular weight is 288 g/mol. The summed E-state index contributed by atoms with van der Waals surface area (Å²) >= 11 is 5.81. The van der Waals surface area contributed by atoms with Crippen LogP contribution < -0.4 is 5.32 Å². The predicted octanol–water partition coefficient (Wildman–Crippen LogP) is 2.25. The van der Waals surface area contributed by atoms with Crippen LogP contribution in [0.3, 0.4) is 0 Å². The number of hydrogen-bond donors (Lipinski definition) is 2. The Hall–Kier alpha value is -1.62. The molecule has 2 N–H and O–H groups in total. The van der Waals surface area contributed by atoms with Crippen molar-refractivity contribution in [2.45, 2.75) is 19.8 Å². The molecule has 0 bridgehead atoms. The van der Waals surface area contributed by atoms with Gasteiger partial charge in [0.15, 0.2) is 0 Å². The smallest absolute Gasteiger partial charge is 0.303 e. The largest absolute Gasteiger partial charge is 0.481 e. The first-order valence-corrected chi connectivity index (χ1v) is 6.19. The van der Waals surface area contributed by atoms with E-state index in [1.54, 1.807) is 6.92 Å². The van der Waals surface area contributed by atoms with Crippen LogP contribution in [0.2, 0.25) is 5.02 Å². The van der Waals surface area contributed by atoms with E-state index in [4.69, 9.17) is 16.7 Å². The first-order valence-electron chi connectivity index (χ1n) is 5.81. The zero-order valence-corrected chi connectivity index (χ0v) is 11.2. The van der Waals surface area contributed by atoms with Crippen LogP contribution in [-0.2, 0) is 16.0 Å². The highest BCUT2D eigenvalue weighted by atomic mass is 35.5. The number of aliphatic carboxylic acids is 1. The molecule has 0 aliphatic heterocycles. The van der Waals surface area contributed by atoms with Crippen molar-refractivity contribution in [2.75, 3.05) is 6.54 Å². The van der Waals surface area contributed by atoms with Crippen LogP contribution in [0.5, 0.6) is 0 Å². The van der Waals surface area contributed by atoms with Crippen LogP contribution in [-0.4, -0.2) is 23.5 Å². The second kappa shape index (κ2) is 7.09. The molecule has 0 radical (unpaired) electrons. The van der Waals surface area contributed by atoms with Crippen molar-refractivity contribution in [3.8, 4) is 0 Å². The van der Waals surface area contributed by atoms with Gasteiger partial charge >= 0.3 is 5.97 Å². The molecule has 0 aliphatic rings. The SMILES string of the molecule is CC(CNC(=O)Cc1c(F)cccc1Cl)CC(=O)O. The molecule has 0 saturated carbocycles. The third-order valence-electron chi connectivity index (χ3n) is 2.57. The molecule has 4 nitrogen and oxygen atoms in total. The molecule has 0 aromatic heterocycles. The quantitative estimate of drug-likeness (QED) is 0.843. The fourth-order valence-electron chi connectivity index (χ4n) is 1.58. The Morgan fingerprint density at radius 1 is 1.47 bits per heavy atom. The number of rotatable bonds is 6. The summed E-state index contributed by atoms with van der Waals surface area (Å²) in [5, 5.41) is 11.3. The standard InChI is InChI=1S/C13H15ClFNO3/c1-8(5-13(18)19)7-16-12(17)6-9-10(14)3-2-4-11(9)15/h2-4,8H,5-7H2,1H3,(H,16,17)(H,18,19). The van der Waals surface area contributed by atoms with Crippen LogP contribution in [0.15, 0.2) is 18.2 Å². The molecule has 0 spiro atoms. The Morgan fingerprint density at radius 2 is 2.16 bits per heavy atom. The second-order valence-electron chi connectivity index (χ2n) is 4.38. The van der Waals surface area contributed by atoms with Crippen molar-refractivity contribution in [1.29, 1.82) is 0 Å². The van der Waals surface area contributed by atoms with Crippen molar-refractivity contribution in [3.63, 3.8) is 0 Å². The van der Waals surface area contributed by atoms with Crippen LogP contribution in [0.1, 0.15) is 18.9 Å². The Balaban J connectivity index is 2.50. The molecule has 1 aromatic carbocycles. The summed E-state index contributed by atoms with van der Waals surface area (Å²) < 4.78 is 13.4. The van der Waals surface area contributed by atoms with E-state index in [-0.39, 0.29) is 41.8 Å². The molecule has 1 unspecified atom stereocenters. The average Bonchev–Trinajstić information content (AvgIpc) is 2.30. The summed E-state index contributed by atoms with van der Waals surface area (Å²) in [6, 6.07) is 4.22. The molecule has 1 aromatic rings. The highest BCUT2D eigenvalue weighted by molar-refractivity contribution is 6.31. The summed E-state index contributed by atoms with van der Waals surface area (Å²) in [6.45, 7) is 1.95. The van der Waals surface area contributed by atoms with Gasteiger partial charge in [-0.25, -0.2) is 4.39 Å². The monoisotopic (exact) mass is 287 g/mol. The zero-order chi connectivity index (χ0) is 14.4. The summed E-state index contributed by atoms with van der Waals surface area (Å²) in [5.74, 6) is -2.01. The van der Waals surface area contributed by atoms with Gasteiger partial charge in [-0.15, -0.1) is 0 Å². The van der Waals surface area contributed by atoms with Gasteiger partial charge in [0.1, 0.15) is 5.82 Å². The Bertz CT molecular complexity index is 459. The molecule has 19 heavy (non-hydrogen) atoms. The second-order valence-corrected chi connectivity index (χ2v) is 4.79. The molecule has 0 fully saturated rings. The highest BCUT2D eigenvalue weighted by Gasteiger charge is 2.13. The molecule has 1 rings (SSSR count).